The maximum atomic E-state index is 13.3. The number of Topliss-reactive ketones (excluding diaryl/α,β-unsaturated/α-hetero) is 1. The van der Waals surface area contributed by atoms with Gasteiger partial charge in [0.2, 0.25) is 10.0 Å². The fourth-order valence-corrected chi connectivity index (χ4v) is 6.08. The summed E-state index contributed by atoms with van der Waals surface area (Å²) in [6, 6.07) is 6.89. The van der Waals surface area contributed by atoms with Gasteiger partial charge in [0.15, 0.2) is 5.78 Å². The molecule has 0 spiro atoms. The first-order valence-electron chi connectivity index (χ1n) is 11.1. The number of benzene rings is 1. The van der Waals surface area contributed by atoms with Crippen molar-refractivity contribution in [1.29, 1.82) is 0 Å². The molecular formula is C24H22F4N4O3S. The van der Waals surface area contributed by atoms with E-state index in [1.54, 1.807) is 13.0 Å². The third-order valence-corrected chi connectivity index (χ3v) is 8.10. The molecule has 0 amide bonds. The van der Waals surface area contributed by atoms with E-state index < -0.39 is 39.8 Å². The van der Waals surface area contributed by atoms with Gasteiger partial charge in [0.05, 0.1) is 16.6 Å². The predicted molar refractivity (Wildman–Crippen MR) is 122 cm³/mol. The summed E-state index contributed by atoms with van der Waals surface area (Å²) in [5.74, 6) is -0.839. The Labute approximate surface area is 205 Å². The van der Waals surface area contributed by atoms with Gasteiger partial charge >= 0.3 is 6.18 Å². The zero-order valence-corrected chi connectivity index (χ0v) is 19.9. The first-order valence-corrected chi connectivity index (χ1v) is 12.6. The van der Waals surface area contributed by atoms with E-state index in [4.69, 9.17) is 0 Å². The number of alkyl halides is 3. The first-order chi connectivity index (χ1) is 17.0. The summed E-state index contributed by atoms with van der Waals surface area (Å²) >= 11 is 0. The van der Waals surface area contributed by atoms with E-state index in [-0.39, 0.29) is 23.5 Å². The number of rotatable bonds is 7. The normalized spacial score (nSPS) is 18.9. The third kappa shape index (κ3) is 5.44. The standard InChI is InChI=1S/C24H22F4N4O3S/c1-15-2-9-21(32(15)36(34,35)19-7-4-17(25)5-8-19)22(33)10-6-18-12-20(31-14-30-18)16-3-11-23(29-13-16)24(26,27)28/h3-5,7-8,11-15,21H,2,6,9-10H2,1H3/t15-,21-/m0/s1. The van der Waals surface area contributed by atoms with Gasteiger partial charge in [0.25, 0.3) is 0 Å². The lowest BCUT2D eigenvalue weighted by atomic mass is 10.0. The van der Waals surface area contributed by atoms with E-state index in [1.807, 2.05) is 0 Å². The third-order valence-electron chi connectivity index (χ3n) is 6.06. The summed E-state index contributed by atoms with van der Waals surface area (Å²) in [4.78, 5) is 24.6. The topological polar surface area (TPSA) is 93.1 Å². The van der Waals surface area contributed by atoms with Crippen molar-refractivity contribution in [2.45, 2.75) is 55.8 Å². The lowest BCUT2D eigenvalue weighted by Crippen LogP contribution is -2.44. The number of pyridine rings is 1. The average Bonchev–Trinajstić information content (AvgIpc) is 3.25. The molecule has 1 fully saturated rings. The molecule has 0 N–H and O–H groups in total. The largest absolute Gasteiger partial charge is 0.433 e. The second kappa shape index (κ2) is 10.0. The summed E-state index contributed by atoms with van der Waals surface area (Å²) in [6.07, 6.45) is -1.16. The molecule has 0 unspecified atom stereocenters. The monoisotopic (exact) mass is 522 g/mol. The highest BCUT2D eigenvalue weighted by molar-refractivity contribution is 7.89. The van der Waals surface area contributed by atoms with Gasteiger partial charge < -0.3 is 0 Å². The zero-order chi connectivity index (χ0) is 26.1. The Kier molecular flexibility index (Phi) is 7.19. The molecule has 4 rings (SSSR count). The van der Waals surface area contributed by atoms with Crippen molar-refractivity contribution in [2.24, 2.45) is 0 Å². The Balaban J connectivity index is 1.47. The molecule has 2 atom stereocenters. The fraction of sp³-hybridized carbons (Fsp3) is 0.333. The number of hydrogen-bond donors (Lipinski definition) is 0. The van der Waals surface area contributed by atoms with Crippen molar-refractivity contribution in [3.8, 4) is 11.3 Å². The van der Waals surface area contributed by atoms with Crippen molar-refractivity contribution in [2.75, 3.05) is 0 Å². The number of nitrogens with zero attached hydrogens (tertiary/aromatic N) is 4. The summed E-state index contributed by atoms with van der Waals surface area (Å²) in [5, 5.41) is 0. The van der Waals surface area contributed by atoms with Crippen LogP contribution in [0.4, 0.5) is 17.6 Å². The van der Waals surface area contributed by atoms with Crippen molar-refractivity contribution < 1.29 is 30.8 Å². The number of sulfonamides is 1. The van der Waals surface area contributed by atoms with Crippen LogP contribution in [0.25, 0.3) is 11.3 Å². The van der Waals surface area contributed by atoms with Crippen LogP contribution in [0.15, 0.2) is 59.9 Å². The highest BCUT2D eigenvalue weighted by Crippen LogP contribution is 2.32. The van der Waals surface area contributed by atoms with E-state index >= 15 is 0 Å². The highest BCUT2D eigenvalue weighted by Gasteiger charge is 2.43. The van der Waals surface area contributed by atoms with Crippen LogP contribution in [0, 0.1) is 5.82 Å². The van der Waals surface area contributed by atoms with Gasteiger partial charge in [-0.15, -0.1) is 0 Å². The quantitative estimate of drug-likeness (QED) is 0.426. The van der Waals surface area contributed by atoms with Gasteiger partial charge in [-0.2, -0.15) is 17.5 Å². The van der Waals surface area contributed by atoms with Gasteiger partial charge in [-0.3, -0.25) is 9.78 Å². The maximum Gasteiger partial charge on any atom is 0.433 e. The van der Waals surface area contributed by atoms with Crippen LogP contribution >= 0.6 is 0 Å². The lowest BCUT2D eigenvalue weighted by molar-refractivity contribution is -0.141. The Bertz CT molecular complexity index is 1350. The molecule has 12 heteroatoms. The van der Waals surface area contributed by atoms with E-state index in [0.29, 0.717) is 29.8 Å². The van der Waals surface area contributed by atoms with E-state index in [2.05, 4.69) is 15.0 Å². The molecule has 0 aliphatic carbocycles. The Hall–Kier alpha value is -3.25. The number of aromatic nitrogens is 3. The highest BCUT2D eigenvalue weighted by atomic mass is 32.2. The maximum absolute atomic E-state index is 13.3. The molecule has 3 aromatic rings. The molecule has 1 saturated heterocycles. The molecule has 190 valence electrons. The molecule has 0 saturated carbocycles. The number of carbonyl (C=O) groups excluding carboxylic acids is 1. The van der Waals surface area contributed by atoms with Gasteiger partial charge in [-0.1, -0.05) is 0 Å². The van der Waals surface area contributed by atoms with E-state index in [0.717, 1.165) is 24.4 Å². The fourth-order valence-electron chi connectivity index (χ4n) is 4.22. The lowest BCUT2D eigenvalue weighted by Gasteiger charge is -2.27. The molecule has 1 aromatic carbocycles. The van der Waals surface area contributed by atoms with Crippen LogP contribution in [0.3, 0.4) is 0 Å². The minimum Gasteiger partial charge on any atom is -0.298 e. The Morgan fingerprint density at radius 2 is 1.78 bits per heavy atom. The van der Waals surface area contributed by atoms with E-state index in [9.17, 15) is 30.8 Å². The number of aryl methyl sites for hydroxylation is 1. The number of carbonyl (C=O) groups is 1. The second-order valence-corrected chi connectivity index (χ2v) is 10.4. The van der Waals surface area contributed by atoms with Crippen molar-refractivity contribution in [3.63, 3.8) is 0 Å². The minimum absolute atomic E-state index is 0.00847. The molecule has 1 aliphatic rings. The summed E-state index contributed by atoms with van der Waals surface area (Å²) in [6.45, 7) is 1.73. The molecule has 0 radical (unpaired) electrons. The van der Waals surface area contributed by atoms with Crippen molar-refractivity contribution in [3.05, 3.63) is 72.2 Å². The summed E-state index contributed by atoms with van der Waals surface area (Å²) in [5.41, 5.74) is 0.173. The number of halogens is 4. The van der Waals surface area contributed by atoms with Gasteiger partial charge in [0, 0.05) is 29.9 Å². The van der Waals surface area contributed by atoms with Gasteiger partial charge in [-0.25, -0.2) is 22.8 Å². The van der Waals surface area contributed by atoms with Crippen LogP contribution in [-0.4, -0.2) is 45.5 Å². The van der Waals surface area contributed by atoms with Crippen LogP contribution in [-0.2, 0) is 27.4 Å². The molecule has 3 heterocycles. The SMILES string of the molecule is C[C@H]1CC[C@@H](C(=O)CCc2cc(-c3ccc(C(F)(F)F)nc3)ncn2)N1S(=O)(=O)c1ccc(F)cc1. The van der Waals surface area contributed by atoms with Crippen molar-refractivity contribution >= 4 is 15.8 Å². The van der Waals surface area contributed by atoms with Crippen molar-refractivity contribution in [1.82, 2.24) is 19.3 Å². The minimum atomic E-state index is -4.55. The van der Waals surface area contributed by atoms with Gasteiger partial charge in [-0.05, 0) is 68.7 Å². The van der Waals surface area contributed by atoms with Gasteiger partial charge in [0.1, 0.15) is 17.8 Å². The molecule has 36 heavy (non-hydrogen) atoms. The average molecular weight is 523 g/mol. The summed E-state index contributed by atoms with van der Waals surface area (Å²) < 4.78 is 79.1. The predicted octanol–water partition coefficient (Wildman–Crippen LogP) is 4.44. The molecular weight excluding hydrogens is 500 g/mol. The molecule has 2 aromatic heterocycles. The van der Waals surface area contributed by atoms with Crippen LogP contribution in [0.5, 0.6) is 0 Å². The molecule has 7 nitrogen and oxygen atoms in total. The Morgan fingerprint density at radius 3 is 2.42 bits per heavy atom. The van der Waals surface area contributed by atoms with Crippen LogP contribution < -0.4 is 0 Å². The molecule has 0 bridgehead atoms. The smallest absolute Gasteiger partial charge is 0.298 e. The van der Waals surface area contributed by atoms with E-state index in [1.165, 1.54) is 28.8 Å². The number of ketones is 1. The second-order valence-electron chi connectivity index (χ2n) is 8.52. The zero-order valence-electron chi connectivity index (χ0n) is 19.1. The molecule has 1 aliphatic heterocycles. The summed E-state index contributed by atoms with van der Waals surface area (Å²) in [7, 11) is -4.01. The van der Waals surface area contributed by atoms with Crippen LogP contribution in [0.2, 0.25) is 0 Å². The number of hydrogen-bond acceptors (Lipinski definition) is 6. The Morgan fingerprint density at radius 1 is 1.06 bits per heavy atom. The first kappa shape index (κ1) is 25.8. The van der Waals surface area contributed by atoms with Crippen LogP contribution in [0.1, 0.15) is 37.6 Å².